The second-order valence-corrected chi connectivity index (χ2v) is 9.80. The number of amides is 1. The van der Waals surface area contributed by atoms with Crippen LogP contribution in [0.1, 0.15) is 45.4 Å². The highest BCUT2D eigenvalue weighted by Gasteiger charge is 2.26. The number of thiophene rings is 1. The zero-order valence-corrected chi connectivity index (χ0v) is 18.4. The molecule has 5 nitrogen and oxygen atoms in total. The summed E-state index contributed by atoms with van der Waals surface area (Å²) in [7, 11) is 0. The van der Waals surface area contributed by atoms with E-state index in [1.54, 1.807) is 11.3 Å². The number of benzene rings is 1. The van der Waals surface area contributed by atoms with E-state index in [0.717, 1.165) is 33.4 Å². The average Bonchev–Trinajstić information content (AvgIpc) is 3.37. The number of carbonyl (C=O) groups is 2. The van der Waals surface area contributed by atoms with Gasteiger partial charge in [0.15, 0.2) is 5.78 Å². The molecule has 29 heavy (non-hydrogen) atoms. The molecule has 0 radical (unpaired) electrons. The number of rotatable bonds is 6. The highest BCUT2D eigenvalue weighted by Crippen LogP contribution is 2.30. The van der Waals surface area contributed by atoms with E-state index in [-0.39, 0.29) is 17.7 Å². The second-order valence-electron chi connectivity index (χ2n) is 7.45. The van der Waals surface area contributed by atoms with Gasteiger partial charge in [-0.25, -0.2) is 4.98 Å². The Morgan fingerprint density at radius 1 is 1.03 bits per heavy atom. The minimum atomic E-state index is 0.0690. The van der Waals surface area contributed by atoms with Gasteiger partial charge in [-0.2, -0.15) is 0 Å². The first-order valence-corrected chi connectivity index (χ1v) is 11.6. The van der Waals surface area contributed by atoms with E-state index in [2.05, 4.69) is 24.0 Å². The van der Waals surface area contributed by atoms with Crippen molar-refractivity contribution in [3.8, 4) is 0 Å². The maximum atomic E-state index is 12.6. The van der Waals surface area contributed by atoms with Crippen molar-refractivity contribution in [3.63, 3.8) is 0 Å². The average molecular weight is 428 g/mol. The molecule has 1 aliphatic heterocycles. The van der Waals surface area contributed by atoms with Gasteiger partial charge < -0.3 is 4.90 Å². The predicted octanol–water partition coefficient (Wildman–Crippen LogP) is 4.53. The van der Waals surface area contributed by atoms with Gasteiger partial charge in [-0.1, -0.05) is 12.1 Å². The molecule has 2 aromatic heterocycles. The molecule has 1 fully saturated rings. The molecular formula is C22H25N3O2S2. The highest BCUT2D eigenvalue weighted by atomic mass is 32.1. The number of hydrogen-bond acceptors (Lipinski definition) is 6. The molecule has 1 atom stereocenters. The quantitative estimate of drug-likeness (QED) is 0.542. The Hall–Kier alpha value is -2.09. The zero-order valence-electron chi connectivity index (χ0n) is 16.8. The Kier molecular flexibility index (Phi) is 6.08. The number of para-hydroxylation sites is 1. The lowest BCUT2D eigenvalue weighted by molar-refractivity contribution is -0.133. The molecule has 0 bridgehead atoms. The van der Waals surface area contributed by atoms with E-state index >= 15 is 0 Å². The van der Waals surface area contributed by atoms with Crippen LogP contribution in [0, 0.1) is 6.92 Å². The van der Waals surface area contributed by atoms with Crippen LogP contribution in [0.3, 0.4) is 0 Å². The van der Waals surface area contributed by atoms with E-state index in [4.69, 9.17) is 4.98 Å². The zero-order chi connectivity index (χ0) is 20.4. The van der Waals surface area contributed by atoms with Gasteiger partial charge in [0.05, 0.1) is 21.1 Å². The van der Waals surface area contributed by atoms with E-state index in [0.29, 0.717) is 25.9 Å². The summed E-state index contributed by atoms with van der Waals surface area (Å²) < 4.78 is 1.22. The maximum Gasteiger partial charge on any atom is 0.223 e. The van der Waals surface area contributed by atoms with Crippen molar-refractivity contribution in [2.24, 2.45) is 0 Å². The molecule has 3 heterocycles. The summed E-state index contributed by atoms with van der Waals surface area (Å²) in [6.45, 7) is 7.26. The summed E-state index contributed by atoms with van der Waals surface area (Å²) in [5.74, 6) is 0.151. The van der Waals surface area contributed by atoms with Gasteiger partial charge in [0.1, 0.15) is 5.01 Å². The topological polar surface area (TPSA) is 53.5 Å². The summed E-state index contributed by atoms with van der Waals surface area (Å²) >= 11 is 3.25. The van der Waals surface area contributed by atoms with Gasteiger partial charge in [0.25, 0.3) is 0 Å². The summed E-state index contributed by atoms with van der Waals surface area (Å²) in [4.78, 5) is 35.7. The first-order valence-electron chi connectivity index (χ1n) is 9.98. The van der Waals surface area contributed by atoms with Gasteiger partial charge in [0, 0.05) is 43.9 Å². The largest absolute Gasteiger partial charge is 0.340 e. The number of fused-ring (bicyclic) bond motifs is 1. The van der Waals surface area contributed by atoms with Crippen LogP contribution in [-0.2, 0) is 4.79 Å². The van der Waals surface area contributed by atoms with Crippen LogP contribution in [0.4, 0.5) is 0 Å². The highest BCUT2D eigenvalue weighted by molar-refractivity contribution is 7.18. The fraction of sp³-hybridized carbons (Fsp3) is 0.409. The van der Waals surface area contributed by atoms with Crippen LogP contribution in [0.5, 0.6) is 0 Å². The Bertz CT molecular complexity index is 985. The van der Waals surface area contributed by atoms with Crippen LogP contribution in [0.2, 0.25) is 0 Å². The molecule has 152 valence electrons. The molecule has 0 saturated carbocycles. The van der Waals surface area contributed by atoms with Gasteiger partial charge >= 0.3 is 0 Å². The summed E-state index contributed by atoms with van der Waals surface area (Å²) in [5, 5.41) is 1.13. The van der Waals surface area contributed by atoms with Crippen LogP contribution in [-0.4, -0.2) is 52.7 Å². The van der Waals surface area contributed by atoms with Crippen molar-refractivity contribution in [3.05, 3.63) is 51.2 Å². The second kappa shape index (κ2) is 8.73. The van der Waals surface area contributed by atoms with Crippen molar-refractivity contribution >= 4 is 44.6 Å². The predicted molar refractivity (Wildman–Crippen MR) is 119 cm³/mol. The van der Waals surface area contributed by atoms with E-state index in [9.17, 15) is 9.59 Å². The molecule has 1 amide bonds. The minimum Gasteiger partial charge on any atom is -0.340 e. The number of aryl methyl sites for hydroxylation is 1. The maximum absolute atomic E-state index is 12.6. The molecular weight excluding hydrogens is 402 g/mol. The first kappa shape index (κ1) is 20.2. The van der Waals surface area contributed by atoms with Crippen molar-refractivity contribution in [1.29, 1.82) is 0 Å². The summed E-state index contributed by atoms with van der Waals surface area (Å²) in [6.07, 6.45) is 0.588. The minimum absolute atomic E-state index is 0.0690. The Labute approximate surface area is 179 Å². The Morgan fingerprint density at radius 3 is 2.48 bits per heavy atom. The number of ketones is 1. The van der Waals surface area contributed by atoms with Crippen molar-refractivity contribution in [2.75, 3.05) is 26.2 Å². The molecule has 0 spiro atoms. The van der Waals surface area contributed by atoms with Crippen LogP contribution < -0.4 is 0 Å². The van der Waals surface area contributed by atoms with Crippen LogP contribution in [0.25, 0.3) is 10.2 Å². The number of piperazine rings is 1. The van der Waals surface area contributed by atoms with Gasteiger partial charge in [-0.3, -0.25) is 14.5 Å². The fourth-order valence-electron chi connectivity index (χ4n) is 3.67. The van der Waals surface area contributed by atoms with Crippen LogP contribution in [0.15, 0.2) is 36.4 Å². The third-order valence-electron chi connectivity index (χ3n) is 5.46. The third-order valence-corrected chi connectivity index (χ3v) is 7.71. The van der Waals surface area contributed by atoms with Crippen molar-refractivity contribution in [1.82, 2.24) is 14.8 Å². The van der Waals surface area contributed by atoms with E-state index < -0.39 is 0 Å². The summed E-state index contributed by atoms with van der Waals surface area (Å²) in [5.41, 5.74) is 1.05. The van der Waals surface area contributed by atoms with E-state index in [1.807, 2.05) is 36.1 Å². The normalized spacial score (nSPS) is 16.3. The smallest absolute Gasteiger partial charge is 0.223 e. The number of aromatic nitrogens is 1. The number of Topliss-reactive ketones (excluding diaryl/α,β-unsaturated/α-hetero) is 1. The number of carbonyl (C=O) groups excluding carboxylic acids is 2. The number of thiazole rings is 1. The molecule has 1 aromatic carbocycles. The number of hydrogen-bond donors (Lipinski definition) is 0. The molecule has 1 aliphatic rings. The molecule has 3 aromatic rings. The Morgan fingerprint density at radius 2 is 1.79 bits per heavy atom. The standard InChI is InChI=1S/C22H25N3O2S2/c1-15-7-9-20(28-15)18(26)8-10-21(27)25-13-11-24(12-14-25)16(2)22-23-17-5-3-4-6-19(17)29-22/h3-7,9,16H,8,10-14H2,1-2H3/t16-/m0/s1. The summed E-state index contributed by atoms with van der Waals surface area (Å²) in [6, 6.07) is 12.3. The monoisotopic (exact) mass is 427 g/mol. The fourth-order valence-corrected chi connectivity index (χ4v) is 5.56. The first-order chi connectivity index (χ1) is 14.0. The molecule has 7 heteroatoms. The Balaban J connectivity index is 1.28. The molecule has 1 saturated heterocycles. The SMILES string of the molecule is Cc1ccc(C(=O)CCC(=O)N2CCN([C@@H](C)c3nc4ccccc4s3)CC2)s1. The van der Waals surface area contributed by atoms with Gasteiger partial charge in [-0.05, 0) is 38.1 Å². The lowest BCUT2D eigenvalue weighted by Gasteiger charge is -2.37. The molecule has 0 N–H and O–H groups in total. The van der Waals surface area contributed by atoms with E-state index in [1.165, 1.54) is 16.0 Å². The van der Waals surface area contributed by atoms with Crippen LogP contribution >= 0.6 is 22.7 Å². The molecule has 4 rings (SSSR count). The van der Waals surface area contributed by atoms with Gasteiger partial charge in [0.2, 0.25) is 5.91 Å². The lowest BCUT2D eigenvalue weighted by atomic mass is 10.1. The van der Waals surface area contributed by atoms with Crippen molar-refractivity contribution in [2.45, 2.75) is 32.7 Å². The molecule has 0 unspecified atom stereocenters. The van der Waals surface area contributed by atoms with Gasteiger partial charge in [-0.15, -0.1) is 22.7 Å². The lowest BCUT2D eigenvalue weighted by Crippen LogP contribution is -2.49. The third kappa shape index (κ3) is 4.57. The van der Waals surface area contributed by atoms with Crippen molar-refractivity contribution < 1.29 is 9.59 Å². The number of nitrogens with zero attached hydrogens (tertiary/aromatic N) is 3. The molecule has 0 aliphatic carbocycles.